The molecule has 0 saturated heterocycles. The molecule has 0 unspecified atom stereocenters. The summed E-state index contributed by atoms with van der Waals surface area (Å²) in [7, 11) is 1.38. The highest BCUT2D eigenvalue weighted by molar-refractivity contribution is 7.17. The van der Waals surface area contributed by atoms with Crippen LogP contribution in [0.1, 0.15) is 70.8 Å². The summed E-state index contributed by atoms with van der Waals surface area (Å²) in [4.78, 5) is 26.3. The fraction of sp³-hybridized carbons (Fsp3) is 0.455. The lowest BCUT2D eigenvalue weighted by molar-refractivity contribution is 0.0601. The third kappa shape index (κ3) is 4.08. The van der Waals surface area contributed by atoms with Crippen molar-refractivity contribution < 1.29 is 14.3 Å². The van der Waals surface area contributed by atoms with E-state index in [4.69, 9.17) is 4.74 Å². The highest BCUT2D eigenvalue weighted by Gasteiger charge is 2.29. The van der Waals surface area contributed by atoms with Crippen molar-refractivity contribution >= 4 is 28.2 Å². The van der Waals surface area contributed by atoms with Crippen molar-refractivity contribution in [1.29, 1.82) is 0 Å². The average molecular weight is 386 g/mol. The standard InChI is InChI=1S/C22H27NO3S/c1-13-6-11-16-17(12-13)27-20(18(16)21(25)26-5)23-19(24)14-7-9-15(10-8-14)22(2,3)4/h7-10,13H,6,11-12H2,1-5H3,(H,23,24)/t13-/m0/s1. The van der Waals surface area contributed by atoms with E-state index in [1.807, 2.05) is 24.3 Å². The van der Waals surface area contributed by atoms with Crippen LogP contribution in [-0.2, 0) is 23.0 Å². The van der Waals surface area contributed by atoms with Crippen molar-refractivity contribution in [2.75, 3.05) is 12.4 Å². The van der Waals surface area contributed by atoms with Crippen LogP contribution in [0.5, 0.6) is 0 Å². The summed E-state index contributed by atoms with van der Waals surface area (Å²) < 4.78 is 4.99. The van der Waals surface area contributed by atoms with Gasteiger partial charge in [-0.1, -0.05) is 39.8 Å². The molecule has 5 heteroatoms. The van der Waals surface area contributed by atoms with E-state index < -0.39 is 0 Å². The summed E-state index contributed by atoms with van der Waals surface area (Å²) in [6, 6.07) is 7.64. The smallest absolute Gasteiger partial charge is 0.341 e. The maximum Gasteiger partial charge on any atom is 0.341 e. The molecule has 1 atom stereocenters. The van der Waals surface area contributed by atoms with Crippen LogP contribution in [0.3, 0.4) is 0 Å². The van der Waals surface area contributed by atoms with Gasteiger partial charge in [0.05, 0.1) is 12.7 Å². The quantitative estimate of drug-likeness (QED) is 0.738. The van der Waals surface area contributed by atoms with E-state index in [1.54, 1.807) is 0 Å². The molecule has 0 radical (unpaired) electrons. The van der Waals surface area contributed by atoms with Gasteiger partial charge < -0.3 is 10.1 Å². The first kappa shape index (κ1) is 19.6. The normalized spacial score (nSPS) is 16.6. The van der Waals surface area contributed by atoms with Gasteiger partial charge in [0.25, 0.3) is 5.91 Å². The summed E-state index contributed by atoms with van der Waals surface area (Å²) in [5.74, 6) is 0.0165. The van der Waals surface area contributed by atoms with Gasteiger partial charge in [-0.2, -0.15) is 0 Å². The van der Waals surface area contributed by atoms with Crippen molar-refractivity contribution in [3.8, 4) is 0 Å². The molecular weight excluding hydrogens is 358 g/mol. The van der Waals surface area contributed by atoms with Crippen LogP contribution in [0.2, 0.25) is 0 Å². The van der Waals surface area contributed by atoms with Crippen LogP contribution in [0, 0.1) is 5.92 Å². The molecule has 4 nitrogen and oxygen atoms in total. The largest absolute Gasteiger partial charge is 0.465 e. The molecular formula is C22H27NO3S. The fourth-order valence-electron chi connectivity index (χ4n) is 3.45. The Hall–Kier alpha value is -2.14. The first-order valence-electron chi connectivity index (χ1n) is 9.35. The third-order valence-corrected chi connectivity index (χ3v) is 6.31. The number of fused-ring (bicyclic) bond motifs is 1. The number of nitrogens with one attached hydrogen (secondary N) is 1. The summed E-state index contributed by atoms with van der Waals surface area (Å²) in [5, 5.41) is 3.55. The number of thiophene rings is 1. The Balaban J connectivity index is 1.88. The number of benzene rings is 1. The summed E-state index contributed by atoms with van der Waals surface area (Å²) in [6.45, 7) is 8.64. The molecule has 1 aliphatic carbocycles. The van der Waals surface area contributed by atoms with E-state index in [0.717, 1.165) is 24.8 Å². The summed E-state index contributed by atoms with van der Waals surface area (Å²) in [6.07, 6.45) is 2.85. The van der Waals surface area contributed by atoms with Crippen LogP contribution in [0.4, 0.5) is 5.00 Å². The number of ether oxygens (including phenoxy) is 1. The Morgan fingerprint density at radius 1 is 1.19 bits per heavy atom. The van der Waals surface area contributed by atoms with Crippen molar-refractivity contribution in [1.82, 2.24) is 0 Å². The number of methoxy groups -OCH3 is 1. The van der Waals surface area contributed by atoms with Gasteiger partial charge >= 0.3 is 5.97 Å². The Labute approximate surface area is 164 Å². The molecule has 0 bridgehead atoms. The second kappa shape index (κ2) is 7.47. The SMILES string of the molecule is COC(=O)c1c(NC(=O)c2ccc(C(C)(C)C)cc2)sc2c1CC[C@H](C)C2. The zero-order chi connectivity index (χ0) is 19.8. The maximum absolute atomic E-state index is 12.8. The molecule has 1 aliphatic rings. The van der Waals surface area contributed by atoms with E-state index in [1.165, 1.54) is 28.9 Å². The van der Waals surface area contributed by atoms with Gasteiger partial charge in [-0.15, -0.1) is 11.3 Å². The Morgan fingerprint density at radius 3 is 2.44 bits per heavy atom. The van der Waals surface area contributed by atoms with Crippen LogP contribution < -0.4 is 5.32 Å². The minimum absolute atomic E-state index is 0.0383. The Morgan fingerprint density at radius 2 is 1.85 bits per heavy atom. The molecule has 1 amide bonds. The molecule has 0 fully saturated rings. The number of hydrogen-bond donors (Lipinski definition) is 1. The molecule has 0 saturated carbocycles. The van der Waals surface area contributed by atoms with Crippen molar-refractivity contribution in [2.45, 2.75) is 52.4 Å². The number of hydrogen-bond acceptors (Lipinski definition) is 4. The molecule has 0 aliphatic heterocycles. The van der Waals surface area contributed by atoms with Crippen molar-refractivity contribution in [3.05, 3.63) is 51.4 Å². The second-order valence-electron chi connectivity index (χ2n) is 8.33. The lowest BCUT2D eigenvalue weighted by atomic mass is 9.86. The predicted octanol–water partition coefficient (Wildman–Crippen LogP) is 5.21. The molecule has 144 valence electrons. The number of carbonyl (C=O) groups is 2. The number of esters is 1. The maximum atomic E-state index is 12.8. The third-order valence-electron chi connectivity index (χ3n) is 5.14. The predicted molar refractivity (Wildman–Crippen MR) is 110 cm³/mol. The molecule has 1 heterocycles. The lowest BCUT2D eigenvalue weighted by Gasteiger charge is -2.19. The zero-order valence-electron chi connectivity index (χ0n) is 16.6. The molecule has 1 N–H and O–H groups in total. The molecule has 3 rings (SSSR count). The van der Waals surface area contributed by atoms with E-state index in [-0.39, 0.29) is 17.3 Å². The highest BCUT2D eigenvalue weighted by atomic mass is 32.1. The van der Waals surface area contributed by atoms with Crippen molar-refractivity contribution in [3.63, 3.8) is 0 Å². The minimum atomic E-state index is -0.375. The zero-order valence-corrected chi connectivity index (χ0v) is 17.5. The second-order valence-corrected chi connectivity index (χ2v) is 9.43. The first-order chi connectivity index (χ1) is 12.7. The summed E-state index contributed by atoms with van der Waals surface area (Å²) >= 11 is 1.51. The Kier molecular flexibility index (Phi) is 5.43. The number of rotatable bonds is 3. The molecule has 1 aromatic carbocycles. The van der Waals surface area contributed by atoms with E-state index >= 15 is 0 Å². The van der Waals surface area contributed by atoms with Gasteiger partial charge in [-0.25, -0.2) is 4.79 Å². The van der Waals surface area contributed by atoms with Gasteiger partial charge in [0, 0.05) is 10.4 Å². The van der Waals surface area contributed by atoms with Crippen LogP contribution in [0.25, 0.3) is 0 Å². The topological polar surface area (TPSA) is 55.4 Å². The highest BCUT2D eigenvalue weighted by Crippen LogP contribution is 2.40. The van der Waals surface area contributed by atoms with Crippen molar-refractivity contribution in [2.24, 2.45) is 5.92 Å². The fourth-order valence-corrected chi connectivity index (χ4v) is 4.85. The minimum Gasteiger partial charge on any atom is -0.465 e. The van der Waals surface area contributed by atoms with Crippen LogP contribution >= 0.6 is 11.3 Å². The van der Waals surface area contributed by atoms with Crippen LogP contribution in [-0.4, -0.2) is 19.0 Å². The lowest BCUT2D eigenvalue weighted by Crippen LogP contribution is -2.16. The molecule has 27 heavy (non-hydrogen) atoms. The summed E-state index contributed by atoms with van der Waals surface area (Å²) in [5.41, 5.74) is 3.37. The molecule has 2 aromatic rings. The number of anilines is 1. The number of carbonyl (C=O) groups excluding carboxylic acids is 2. The molecule has 1 aromatic heterocycles. The van der Waals surface area contributed by atoms with Gasteiger partial charge in [0.1, 0.15) is 5.00 Å². The molecule has 0 spiro atoms. The van der Waals surface area contributed by atoms with E-state index in [0.29, 0.717) is 22.0 Å². The van der Waals surface area contributed by atoms with Gasteiger partial charge in [-0.05, 0) is 53.9 Å². The van der Waals surface area contributed by atoms with Gasteiger partial charge in [0.15, 0.2) is 0 Å². The van der Waals surface area contributed by atoms with Gasteiger partial charge in [0.2, 0.25) is 0 Å². The Bertz CT molecular complexity index is 859. The number of amides is 1. The van der Waals surface area contributed by atoms with E-state index in [9.17, 15) is 9.59 Å². The van der Waals surface area contributed by atoms with Gasteiger partial charge in [-0.3, -0.25) is 4.79 Å². The van der Waals surface area contributed by atoms with Crippen LogP contribution in [0.15, 0.2) is 24.3 Å². The average Bonchev–Trinajstić information content (AvgIpc) is 2.97. The van der Waals surface area contributed by atoms with E-state index in [2.05, 4.69) is 33.0 Å². The first-order valence-corrected chi connectivity index (χ1v) is 10.2. The monoisotopic (exact) mass is 385 g/mol.